The first-order valence-electron chi connectivity index (χ1n) is 7.74. The molecule has 26 heavy (non-hydrogen) atoms. The fourth-order valence-electron chi connectivity index (χ4n) is 2.64. The van der Waals surface area contributed by atoms with E-state index in [0.29, 0.717) is 10.7 Å². The van der Waals surface area contributed by atoms with Crippen molar-refractivity contribution in [2.45, 2.75) is 12.5 Å². The molecule has 1 aliphatic rings. The predicted molar refractivity (Wildman–Crippen MR) is 97.7 cm³/mol. The van der Waals surface area contributed by atoms with Crippen molar-refractivity contribution >= 4 is 38.9 Å². The molecule has 0 aliphatic carbocycles. The summed E-state index contributed by atoms with van der Waals surface area (Å²) in [7, 11) is -3.57. The Hall–Kier alpha value is -2.32. The van der Waals surface area contributed by atoms with Gasteiger partial charge in [0.15, 0.2) is 6.10 Å². The molecule has 1 amide bonds. The molecule has 2 aromatic rings. The van der Waals surface area contributed by atoms with Gasteiger partial charge in [-0.1, -0.05) is 11.6 Å². The van der Waals surface area contributed by atoms with E-state index in [4.69, 9.17) is 16.3 Å². The Morgan fingerprint density at radius 1 is 1.27 bits per heavy atom. The van der Waals surface area contributed by atoms with Crippen molar-refractivity contribution in [3.63, 3.8) is 0 Å². The van der Waals surface area contributed by atoms with Gasteiger partial charge in [-0.05, 0) is 42.5 Å². The summed E-state index contributed by atoms with van der Waals surface area (Å²) in [4.78, 5) is 12.5. The summed E-state index contributed by atoms with van der Waals surface area (Å²) in [6, 6.07) is 9.89. The molecule has 1 unspecified atom stereocenters. The van der Waals surface area contributed by atoms with Crippen LogP contribution in [0.15, 0.2) is 42.5 Å². The molecule has 1 N–H and O–H groups in total. The number of fused-ring (bicyclic) bond motifs is 1. The SMILES string of the molecule is CS(=O)(=O)N1CCC(C(=O)Nc2ccc(F)cc2)Oc2ccc(Cl)cc21. The van der Waals surface area contributed by atoms with Gasteiger partial charge in [-0.2, -0.15) is 0 Å². The van der Waals surface area contributed by atoms with Gasteiger partial charge in [0.05, 0.1) is 11.9 Å². The van der Waals surface area contributed by atoms with Crippen molar-refractivity contribution in [1.82, 2.24) is 0 Å². The summed E-state index contributed by atoms with van der Waals surface area (Å²) in [5.41, 5.74) is 0.706. The number of nitrogens with zero attached hydrogens (tertiary/aromatic N) is 1. The van der Waals surface area contributed by atoms with Gasteiger partial charge in [-0.3, -0.25) is 9.10 Å². The lowest BCUT2D eigenvalue weighted by Crippen LogP contribution is -2.35. The molecule has 9 heteroatoms. The number of anilines is 2. The first kappa shape index (κ1) is 18.5. The van der Waals surface area contributed by atoms with Crippen LogP contribution in [0.5, 0.6) is 5.75 Å². The second kappa shape index (κ2) is 7.13. The molecule has 0 saturated heterocycles. The lowest BCUT2D eigenvalue weighted by atomic mass is 10.2. The highest BCUT2D eigenvalue weighted by Gasteiger charge is 2.31. The maximum atomic E-state index is 13.0. The van der Waals surface area contributed by atoms with Crippen molar-refractivity contribution in [2.75, 3.05) is 22.4 Å². The second-order valence-electron chi connectivity index (χ2n) is 5.84. The summed E-state index contributed by atoms with van der Waals surface area (Å²) >= 11 is 5.98. The molecule has 3 rings (SSSR count). The van der Waals surface area contributed by atoms with Crippen molar-refractivity contribution in [1.29, 1.82) is 0 Å². The van der Waals surface area contributed by atoms with Gasteiger partial charge in [-0.25, -0.2) is 12.8 Å². The average molecular weight is 399 g/mol. The molecule has 0 fully saturated rings. The fourth-order valence-corrected chi connectivity index (χ4v) is 3.74. The molecular weight excluding hydrogens is 383 g/mol. The molecular formula is C17H16ClFN2O4S. The number of sulfonamides is 1. The minimum absolute atomic E-state index is 0.0632. The number of amides is 1. The van der Waals surface area contributed by atoms with Gasteiger partial charge in [0.25, 0.3) is 5.91 Å². The Kier molecular flexibility index (Phi) is 5.06. The first-order valence-corrected chi connectivity index (χ1v) is 9.97. The Morgan fingerprint density at radius 3 is 2.62 bits per heavy atom. The number of carbonyl (C=O) groups excluding carboxylic acids is 1. The first-order chi connectivity index (χ1) is 12.2. The van der Waals surface area contributed by atoms with Gasteiger partial charge in [0, 0.05) is 23.7 Å². The second-order valence-corrected chi connectivity index (χ2v) is 8.18. The van der Waals surface area contributed by atoms with Gasteiger partial charge < -0.3 is 10.1 Å². The van der Waals surface area contributed by atoms with Crippen molar-refractivity contribution in [3.05, 3.63) is 53.3 Å². The molecule has 0 bridgehead atoms. The molecule has 1 heterocycles. The van der Waals surface area contributed by atoms with Crippen LogP contribution in [-0.4, -0.2) is 33.2 Å². The Labute approximate surface area is 155 Å². The predicted octanol–water partition coefficient (Wildman–Crippen LogP) is 3.03. The Morgan fingerprint density at radius 2 is 1.96 bits per heavy atom. The maximum absolute atomic E-state index is 13.0. The molecule has 1 aliphatic heterocycles. The van der Waals surface area contributed by atoms with Crippen molar-refractivity contribution in [2.24, 2.45) is 0 Å². The van der Waals surface area contributed by atoms with Crippen LogP contribution in [0.3, 0.4) is 0 Å². The van der Waals surface area contributed by atoms with Crippen LogP contribution in [0.1, 0.15) is 6.42 Å². The third-order valence-corrected chi connectivity index (χ3v) is 5.27. The summed E-state index contributed by atoms with van der Waals surface area (Å²) in [5, 5.41) is 2.99. The maximum Gasteiger partial charge on any atom is 0.265 e. The third-order valence-electron chi connectivity index (χ3n) is 3.86. The van der Waals surface area contributed by atoms with E-state index in [1.54, 1.807) is 6.07 Å². The number of rotatable bonds is 3. The van der Waals surface area contributed by atoms with E-state index < -0.39 is 27.9 Å². The minimum Gasteiger partial charge on any atom is -0.478 e. The number of benzene rings is 2. The largest absolute Gasteiger partial charge is 0.478 e. The van der Waals surface area contributed by atoms with Gasteiger partial charge in [0.2, 0.25) is 10.0 Å². The van der Waals surface area contributed by atoms with Crippen LogP contribution in [0, 0.1) is 5.82 Å². The Bertz CT molecular complexity index is 934. The number of hydrogen-bond acceptors (Lipinski definition) is 4. The molecule has 2 aromatic carbocycles. The molecule has 0 spiro atoms. The van der Waals surface area contributed by atoms with Crippen LogP contribution < -0.4 is 14.4 Å². The summed E-state index contributed by atoms with van der Waals surface area (Å²) in [6.45, 7) is 0.0632. The minimum atomic E-state index is -3.57. The number of ether oxygens (including phenoxy) is 1. The van der Waals surface area contributed by atoms with E-state index in [2.05, 4.69) is 5.32 Å². The summed E-state index contributed by atoms with van der Waals surface area (Å²) in [5.74, 6) is -0.618. The zero-order valence-corrected chi connectivity index (χ0v) is 15.3. The van der Waals surface area contributed by atoms with Crippen LogP contribution in [0.25, 0.3) is 0 Å². The van der Waals surface area contributed by atoms with E-state index in [0.717, 1.165) is 6.26 Å². The monoisotopic (exact) mass is 398 g/mol. The lowest BCUT2D eigenvalue weighted by Gasteiger charge is -2.21. The highest BCUT2D eigenvalue weighted by atomic mass is 35.5. The molecule has 0 saturated carbocycles. The summed E-state index contributed by atoms with van der Waals surface area (Å²) in [6.07, 6.45) is 0.315. The van der Waals surface area contributed by atoms with Crippen LogP contribution in [0.4, 0.5) is 15.8 Å². The average Bonchev–Trinajstić information content (AvgIpc) is 2.76. The van der Waals surface area contributed by atoms with Crippen molar-refractivity contribution < 1.29 is 22.3 Å². The van der Waals surface area contributed by atoms with Gasteiger partial charge in [0.1, 0.15) is 11.6 Å². The number of halogens is 2. The van der Waals surface area contributed by atoms with E-state index in [9.17, 15) is 17.6 Å². The molecule has 6 nitrogen and oxygen atoms in total. The van der Waals surface area contributed by atoms with Gasteiger partial charge in [-0.15, -0.1) is 0 Å². The molecule has 0 radical (unpaired) electrons. The third kappa shape index (κ3) is 4.08. The zero-order valence-electron chi connectivity index (χ0n) is 13.8. The van der Waals surface area contributed by atoms with Crippen LogP contribution in [0.2, 0.25) is 5.02 Å². The normalized spacial score (nSPS) is 17.0. The van der Waals surface area contributed by atoms with E-state index >= 15 is 0 Å². The number of hydrogen-bond donors (Lipinski definition) is 1. The van der Waals surface area contributed by atoms with Gasteiger partial charge >= 0.3 is 0 Å². The topological polar surface area (TPSA) is 75.7 Å². The van der Waals surface area contributed by atoms with E-state index in [1.807, 2.05) is 0 Å². The lowest BCUT2D eigenvalue weighted by molar-refractivity contribution is -0.122. The smallest absolute Gasteiger partial charge is 0.265 e. The van der Waals surface area contributed by atoms with Crippen LogP contribution >= 0.6 is 11.6 Å². The highest BCUT2D eigenvalue weighted by Crippen LogP contribution is 2.36. The summed E-state index contributed by atoms with van der Waals surface area (Å²) < 4.78 is 44.1. The zero-order chi connectivity index (χ0) is 18.9. The molecule has 138 valence electrons. The highest BCUT2D eigenvalue weighted by molar-refractivity contribution is 7.92. The van der Waals surface area contributed by atoms with Crippen LogP contribution in [-0.2, 0) is 14.8 Å². The molecule has 0 aromatic heterocycles. The number of nitrogens with one attached hydrogen (secondary N) is 1. The van der Waals surface area contributed by atoms with Crippen molar-refractivity contribution in [3.8, 4) is 5.75 Å². The number of carbonyl (C=O) groups is 1. The Balaban J connectivity index is 1.86. The molecule has 1 atom stereocenters. The quantitative estimate of drug-likeness (QED) is 0.862. The van der Waals surface area contributed by atoms with E-state index in [1.165, 1.54) is 40.7 Å². The fraction of sp³-hybridized carbons (Fsp3) is 0.235. The standard InChI is InChI=1S/C17H16ClFN2O4S/c1-26(23,24)21-9-8-16(25-15-7-2-11(18)10-14(15)21)17(22)20-13-5-3-12(19)4-6-13/h2-7,10,16H,8-9H2,1H3,(H,20,22). The van der Waals surface area contributed by atoms with E-state index in [-0.39, 0.29) is 24.4 Å².